The Bertz CT molecular complexity index is 466. The number of hydrogen-bond acceptors (Lipinski definition) is 3. The van der Waals surface area contributed by atoms with E-state index in [1.807, 2.05) is 39.0 Å². The zero-order chi connectivity index (χ0) is 16.0. The van der Waals surface area contributed by atoms with E-state index in [0.717, 1.165) is 0 Å². The third-order valence-electron chi connectivity index (χ3n) is 3.24. The smallest absolute Gasteiger partial charge is 0.410 e. The van der Waals surface area contributed by atoms with Crippen LogP contribution in [0.25, 0.3) is 0 Å². The Morgan fingerprint density at radius 2 is 2.14 bits per heavy atom. The van der Waals surface area contributed by atoms with Crippen molar-refractivity contribution in [2.24, 2.45) is 17.6 Å². The summed E-state index contributed by atoms with van der Waals surface area (Å²) in [6.45, 7) is 9.96. The van der Waals surface area contributed by atoms with Crippen molar-refractivity contribution < 1.29 is 14.3 Å². The van der Waals surface area contributed by atoms with Gasteiger partial charge in [0, 0.05) is 6.54 Å². The summed E-state index contributed by atoms with van der Waals surface area (Å²) in [7, 11) is 0. The van der Waals surface area contributed by atoms with Crippen molar-refractivity contribution in [3.63, 3.8) is 0 Å². The molecule has 0 radical (unpaired) electrons. The highest BCUT2D eigenvalue weighted by Crippen LogP contribution is 2.16. The summed E-state index contributed by atoms with van der Waals surface area (Å²) < 4.78 is 5.23. The molecule has 116 valence electrons. The van der Waals surface area contributed by atoms with Crippen molar-refractivity contribution in [3.8, 4) is 0 Å². The van der Waals surface area contributed by atoms with Crippen LogP contribution in [0.1, 0.15) is 20.8 Å². The van der Waals surface area contributed by atoms with E-state index in [9.17, 15) is 9.59 Å². The van der Waals surface area contributed by atoms with Crippen LogP contribution in [0, 0.1) is 11.8 Å². The van der Waals surface area contributed by atoms with Gasteiger partial charge in [0.2, 0.25) is 5.91 Å². The van der Waals surface area contributed by atoms with Crippen molar-refractivity contribution >= 4 is 12.0 Å². The van der Waals surface area contributed by atoms with Crippen LogP contribution in [0.2, 0.25) is 0 Å². The zero-order valence-corrected chi connectivity index (χ0v) is 12.9. The number of hydrogen-bond donors (Lipinski definition) is 1. The summed E-state index contributed by atoms with van der Waals surface area (Å²) in [6.07, 6.45) is 6.98. The molecule has 0 bridgehead atoms. The Balaban J connectivity index is 3.05. The van der Waals surface area contributed by atoms with Crippen LogP contribution in [-0.4, -0.2) is 36.1 Å². The number of allylic oxidation sites excluding steroid dienone is 2. The summed E-state index contributed by atoms with van der Waals surface area (Å²) >= 11 is 0. The third-order valence-corrected chi connectivity index (χ3v) is 3.24. The first kappa shape index (κ1) is 17.0. The predicted octanol–water partition coefficient (Wildman–Crippen LogP) is 2.25. The number of rotatable bonds is 3. The molecule has 0 aromatic heterocycles. The monoisotopic (exact) mass is 292 g/mol. The molecule has 1 aliphatic heterocycles. The van der Waals surface area contributed by atoms with Crippen LogP contribution >= 0.6 is 0 Å². The van der Waals surface area contributed by atoms with E-state index in [4.69, 9.17) is 10.5 Å². The minimum Gasteiger partial charge on any atom is -0.445 e. The van der Waals surface area contributed by atoms with Gasteiger partial charge in [-0.2, -0.15) is 0 Å². The fourth-order valence-electron chi connectivity index (χ4n) is 2.25. The number of carbonyl (C=O) groups excluding carboxylic acids is 2. The summed E-state index contributed by atoms with van der Waals surface area (Å²) in [5.41, 5.74) is 6.14. The van der Waals surface area contributed by atoms with E-state index in [0.29, 0.717) is 12.1 Å². The standard InChI is InChI=1S/C16H24N2O3/c1-11(2)14(15(17)19)18-9-12(3)7-5-6-8-13(4)10-21-16(18)20/h5-8,11-12,14H,4,9-10H2,1-3H3,(H2,17,19)/b7-5-,8-6-/t12?,14-/m0/s1. The third kappa shape index (κ3) is 5.10. The summed E-state index contributed by atoms with van der Waals surface area (Å²) in [4.78, 5) is 25.4. The van der Waals surface area contributed by atoms with Crippen LogP contribution in [0.15, 0.2) is 36.5 Å². The van der Waals surface area contributed by atoms with Gasteiger partial charge in [-0.25, -0.2) is 4.79 Å². The second-order valence-electron chi connectivity index (χ2n) is 5.68. The lowest BCUT2D eigenvalue weighted by atomic mass is 10.0. The first-order valence-corrected chi connectivity index (χ1v) is 7.08. The highest BCUT2D eigenvalue weighted by atomic mass is 16.6. The van der Waals surface area contributed by atoms with E-state index >= 15 is 0 Å². The second kappa shape index (κ2) is 7.67. The molecule has 0 fully saturated rings. The van der Waals surface area contributed by atoms with Crippen LogP contribution in [0.5, 0.6) is 0 Å². The van der Waals surface area contributed by atoms with Crippen molar-refractivity contribution in [1.29, 1.82) is 0 Å². The molecular formula is C16H24N2O3. The molecule has 0 aromatic rings. The number of amides is 2. The molecule has 2 atom stereocenters. The van der Waals surface area contributed by atoms with Gasteiger partial charge in [-0.15, -0.1) is 0 Å². The molecule has 1 heterocycles. The van der Waals surface area contributed by atoms with Crippen molar-refractivity contribution in [1.82, 2.24) is 4.90 Å². The van der Waals surface area contributed by atoms with Gasteiger partial charge in [0.05, 0.1) is 0 Å². The lowest BCUT2D eigenvalue weighted by molar-refractivity contribution is -0.124. The maximum absolute atomic E-state index is 12.3. The number of ether oxygens (including phenoxy) is 1. The summed E-state index contributed by atoms with van der Waals surface area (Å²) in [5, 5.41) is 0. The van der Waals surface area contributed by atoms with Gasteiger partial charge in [-0.3, -0.25) is 9.69 Å². The molecule has 1 unspecified atom stereocenters. The van der Waals surface area contributed by atoms with Gasteiger partial charge in [0.15, 0.2) is 0 Å². The molecule has 0 spiro atoms. The maximum atomic E-state index is 12.3. The van der Waals surface area contributed by atoms with Gasteiger partial charge in [-0.1, -0.05) is 51.7 Å². The molecule has 5 heteroatoms. The molecule has 0 saturated carbocycles. The van der Waals surface area contributed by atoms with Crippen molar-refractivity contribution in [2.45, 2.75) is 26.8 Å². The predicted molar refractivity (Wildman–Crippen MR) is 82.5 cm³/mol. The topological polar surface area (TPSA) is 72.6 Å². The molecule has 5 nitrogen and oxygen atoms in total. The zero-order valence-electron chi connectivity index (χ0n) is 12.9. The van der Waals surface area contributed by atoms with Crippen LogP contribution in [-0.2, 0) is 9.53 Å². The molecule has 21 heavy (non-hydrogen) atoms. The molecule has 0 aromatic carbocycles. The number of nitrogens with two attached hydrogens (primary N) is 1. The Kier molecular flexibility index (Phi) is 6.21. The minimum atomic E-state index is -0.685. The molecule has 0 aliphatic carbocycles. The normalized spacial score (nSPS) is 25.0. The molecule has 2 N–H and O–H groups in total. The largest absolute Gasteiger partial charge is 0.445 e. The van der Waals surface area contributed by atoms with Gasteiger partial charge < -0.3 is 10.5 Å². The van der Waals surface area contributed by atoms with Crippen molar-refractivity contribution in [3.05, 3.63) is 36.5 Å². The van der Waals surface area contributed by atoms with Gasteiger partial charge in [-0.05, 0) is 17.4 Å². The van der Waals surface area contributed by atoms with Gasteiger partial charge in [0.1, 0.15) is 12.6 Å². The quantitative estimate of drug-likeness (QED) is 0.867. The van der Waals surface area contributed by atoms with Gasteiger partial charge in [0.25, 0.3) is 0 Å². The van der Waals surface area contributed by atoms with E-state index in [1.165, 1.54) is 4.90 Å². The number of cyclic esters (lactones) is 1. The lowest BCUT2D eigenvalue weighted by Gasteiger charge is -2.32. The fourth-order valence-corrected chi connectivity index (χ4v) is 2.25. The maximum Gasteiger partial charge on any atom is 0.410 e. The average molecular weight is 292 g/mol. The number of carbonyl (C=O) groups is 2. The van der Waals surface area contributed by atoms with Crippen molar-refractivity contribution in [2.75, 3.05) is 13.2 Å². The van der Waals surface area contributed by atoms with E-state index in [2.05, 4.69) is 6.58 Å². The SMILES string of the molecule is C=C1/C=C\C=C/C(C)CN([C@H](C(N)=O)C(C)C)C(=O)OC1. The first-order chi connectivity index (χ1) is 9.82. The van der Waals surface area contributed by atoms with E-state index in [1.54, 1.807) is 6.08 Å². The fraction of sp³-hybridized carbons (Fsp3) is 0.500. The molecular weight excluding hydrogens is 268 g/mol. The highest BCUT2D eigenvalue weighted by Gasteiger charge is 2.32. The highest BCUT2D eigenvalue weighted by molar-refractivity contribution is 5.84. The Morgan fingerprint density at radius 1 is 1.48 bits per heavy atom. The first-order valence-electron chi connectivity index (χ1n) is 7.08. The van der Waals surface area contributed by atoms with Crippen LogP contribution < -0.4 is 5.73 Å². The summed E-state index contributed by atoms with van der Waals surface area (Å²) in [6, 6.07) is -0.685. The van der Waals surface area contributed by atoms with E-state index in [-0.39, 0.29) is 18.4 Å². The Labute approximate surface area is 126 Å². The van der Waals surface area contributed by atoms with Crippen LogP contribution in [0.4, 0.5) is 4.79 Å². The Morgan fingerprint density at radius 3 is 2.71 bits per heavy atom. The average Bonchev–Trinajstić information content (AvgIpc) is 2.40. The minimum absolute atomic E-state index is 0.0779. The molecule has 1 aliphatic rings. The summed E-state index contributed by atoms with van der Waals surface area (Å²) in [5.74, 6) is -0.531. The second-order valence-corrected chi connectivity index (χ2v) is 5.68. The lowest BCUT2D eigenvalue weighted by Crippen LogP contribution is -2.52. The molecule has 1 rings (SSSR count). The number of primary amides is 1. The van der Waals surface area contributed by atoms with Crippen LogP contribution in [0.3, 0.4) is 0 Å². The van der Waals surface area contributed by atoms with E-state index < -0.39 is 18.0 Å². The Hall–Kier alpha value is -2.04. The van der Waals surface area contributed by atoms with Gasteiger partial charge >= 0.3 is 6.09 Å². The molecule has 0 saturated heterocycles. The molecule has 2 amide bonds. The number of nitrogens with zero attached hydrogens (tertiary/aromatic N) is 1.